The van der Waals surface area contributed by atoms with Crippen LogP contribution < -0.4 is 0 Å². The fraction of sp³-hybridized carbons (Fsp3) is 0.882. The SMILES string of the molecule is CC(C)C(C)CC(C)(C)C1CCCC=CC1C. The molecule has 0 fully saturated rings. The fourth-order valence-corrected chi connectivity index (χ4v) is 3.48. The van der Waals surface area contributed by atoms with E-state index in [0.717, 1.165) is 23.7 Å². The molecule has 0 heterocycles. The van der Waals surface area contributed by atoms with E-state index in [1.807, 2.05) is 0 Å². The summed E-state index contributed by atoms with van der Waals surface area (Å²) < 4.78 is 0. The second kappa shape index (κ2) is 6.07. The van der Waals surface area contributed by atoms with Crippen LogP contribution in [0.4, 0.5) is 0 Å². The maximum absolute atomic E-state index is 2.49. The van der Waals surface area contributed by atoms with Gasteiger partial charge in [-0.25, -0.2) is 0 Å². The zero-order valence-corrected chi connectivity index (χ0v) is 12.8. The molecule has 1 rings (SSSR count). The molecule has 0 aromatic heterocycles. The van der Waals surface area contributed by atoms with Crippen LogP contribution in [0, 0.1) is 29.1 Å². The Kier molecular flexibility index (Phi) is 5.28. The van der Waals surface area contributed by atoms with Gasteiger partial charge >= 0.3 is 0 Å². The van der Waals surface area contributed by atoms with E-state index in [1.165, 1.54) is 25.7 Å². The first-order valence-electron chi connectivity index (χ1n) is 7.51. The second-order valence-electron chi connectivity index (χ2n) is 7.24. The second-order valence-corrected chi connectivity index (χ2v) is 7.24. The van der Waals surface area contributed by atoms with Crippen LogP contribution in [0.25, 0.3) is 0 Å². The van der Waals surface area contributed by atoms with Crippen LogP contribution in [0.1, 0.15) is 67.2 Å². The minimum absolute atomic E-state index is 0.484. The molecular formula is C17H32. The summed E-state index contributed by atoms with van der Waals surface area (Å²) in [5.41, 5.74) is 0.484. The third kappa shape index (κ3) is 4.16. The summed E-state index contributed by atoms with van der Waals surface area (Å²) in [5, 5.41) is 0. The van der Waals surface area contributed by atoms with Gasteiger partial charge in [-0.05, 0) is 54.8 Å². The third-order valence-electron chi connectivity index (χ3n) is 4.95. The first-order valence-corrected chi connectivity index (χ1v) is 7.51. The van der Waals surface area contributed by atoms with E-state index in [1.54, 1.807) is 0 Å². The van der Waals surface area contributed by atoms with Crippen molar-refractivity contribution in [3.05, 3.63) is 12.2 Å². The highest BCUT2D eigenvalue weighted by atomic mass is 14.4. The number of hydrogen-bond donors (Lipinski definition) is 0. The molecule has 1 aliphatic rings. The largest absolute Gasteiger partial charge is 0.0883 e. The highest BCUT2D eigenvalue weighted by Gasteiger charge is 2.34. The highest BCUT2D eigenvalue weighted by molar-refractivity contribution is 4.97. The summed E-state index contributed by atoms with van der Waals surface area (Å²) in [5.74, 6) is 3.27. The maximum Gasteiger partial charge on any atom is -0.0228 e. The molecule has 17 heavy (non-hydrogen) atoms. The van der Waals surface area contributed by atoms with E-state index in [0.29, 0.717) is 5.41 Å². The summed E-state index contributed by atoms with van der Waals surface area (Å²) >= 11 is 0. The Morgan fingerprint density at radius 3 is 2.47 bits per heavy atom. The van der Waals surface area contributed by atoms with Crippen LogP contribution in [0.15, 0.2) is 12.2 Å². The van der Waals surface area contributed by atoms with E-state index >= 15 is 0 Å². The van der Waals surface area contributed by atoms with Gasteiger partial charge < -0.3 is 0 Å². The van der Waals surface area contributed by atoms with Crippen molar-refractivity contribution in [2.75, 3.05) is 0 Å². The molecule has 0 bridgehead atoms. The molecule has 0 saturated carbocycles. The lowest BCUT2D eigenvalue weighted by Crippen LogP contribution is -2.31. The molecule has 0 aliphatic heterocycles. The van der Waals surface area contributed by atoms with Gasteiger partial charge in [0.05, 0.1) is 0 Å². The number of rotatable bonds is 4. The van der Waals surface area contributed by atoms with Crippen molar-refractivity contribution in [2.24, 2.45) is 29.1 Å². The van der Waals surface area contributed by atoms with Crippen LogP contribution in [-0.2, 0) is 0 Å². The Labute approximate surface area is 109 Å². The number of allylic oxidation sites excluding steroid dienone is 2. The fourth-order valence-electron chi connectivity index (χ4n) is 3.48. The van der Waals surface area contributed by atoms with Crippen LogP contribution >= 0.6 is 0 Å². The van der Waals surface area contributed by atoms with Crippen molar-refractivity contribution in [3.8, 4) is 0 Å². The maximum atomic E-state index is 2.49. The molecule has 0 spiro atoms. The molecule has 0 amide bonds. The minimum atomic E-state index is 0.484. The Morgan fingerprint density at radius 1 is 1.24 bits per heavy atom. The van der Waals surface area contributed by atoms with Gasteiger partial charge in [0.1, 0.15) is 0 Å². The molecule has 1 aliphatic carbocycles. The van der Waals surface area contributed by atoms with E-state index < -0.39 is 0 Å². The Hall–Kier alpha value is -0.260. The molecular weight excluding hydrogens is 204 g/mol. The van der Waals surface area contributed by atoms with Crippen molar-refractivity contribution in [1.29, 1.82) is 0 Å². The predicted molar refractivity (Wildman–Crippen MR) is 78.0 cm³/mol. The van der Waals surface area contributed by atoms with Crippen molar-refractivity contribution in [2.45, 2.75) is 67.2 Å². The highest BCUT2D eigenvalue weighted by Crippen LogP contribution is 2.43. The van der Waals surface area contributed by atoms with Gasteiger partial charge in [-0.15, -0.1) is 0 Å². The van der Waals surface area contributed by atoms with Gasteiger partial charge in [0.15, 0.2) is 0 Å². The topological polar surface area (TPSA) is 0 Å². The van der Waals surface area contributed by atoms with Crippen molar-refractivity contribution < 1.29 is 0 Å². The lowest BCUT2D eigenvalue weighted by Gasteiger charge is -2.40. The van der Waals surface area contributed by atoms with Gasteiger partial charge in [-0.1, -0.05) is 53.7 Å². The Bertz CT molecular complexity index is 247. The number of hydrogen-bond acceptors (Lipinski definition) is 0. The molecule has 100 valence electrons. The van der Waals surface area contributed by atoms with E-state index in [9.17, 15) is 0 Å². The Balaban J connectivity index is 2.70. The lowest BCUT2D eigenvalue weighted by atomic mass is 9.66. The first-order chi connectivity index (χ1) is 7.84. The standard InChI is InChI=1S/C17H32/c1-13(2)15(4)12-17(5,6)16-11-9-7-8-10-14(16)3/h8,10,13-16H,7,9,11-12H2,1-6H3. The average molecular weight is 236 g/mol. The van der Waals surface area contributed by atoms with E-state index in [4.69, 9.17) is 0 Å². The van der Waals surface area contributed by atoms with Crippen LogP contribution in [0.3, 0.4) is 0 Å². The molecule has 0 nitrogen and oxygen atoms in total. The molecule has 0 saturated heterocycles. The van der Waals surface area contributed by atoms with Gasteiger partial charge in [-0.3, -0.25) is 0 Å². The van der Waals surface area contributed by atoms with E-state index in [2.05, 4.69) is 53.7 Å². The summed E-state index contributed by atoms with van der Waals surface area (Å²) in [6.45, 7) is 14.5. The Morgan fingerprint density at radius 2 is 1.88 bits per heavy atom. The van der Waals surface area contributed by atoms with Crippen LogP contribution in [0.2, 0.25) is 0 Å². The zero-order chi connectivity index (χ0) is 13.1. The third-order valence-corrected chi connectivity index (χ3v) is 4.95. The van der Waals surface area contributed by atoms with Crippen LogP contribution in [0.5, 0.6) is 0 Å². The average Bonchev–Trinajstić information content (AvgIpc) is 2.42. The first kappa shape index (κ1) is 14.8. The minimum Gasteiger partial charge on any atom is -0.0883 e. The molecule has 0 N–H and O–H groups in total. The molecule has 0 aromatic carbocycles. The van der Waals surface area contributed by atoms with Gasteiger partial charge in [-0.2, -0.15) is 0 Å². The monoisotopic (exact) mass is 236 g/mol. The van der Waals surface area contributed by atoms with Crippen molar-refractivity contribution in [3.63, 3.8) is 0 Å². The summed E-state index contributed by atoms with van der Waals surface area (Å²) in [6, 6.07) is 0. The molecule has 0 aromatic rings. The molecule has 0 heteroatoms. The zero-order valence-electron chi connectivity index (χ0n) is 12.8. The quantitative estimate of drug-likeness (QED) is 0.550. The summed E-state index contributed by atoms with van der Waals surface area (Å²) in [6.07, 6.45) is 10.3. The van der Waals surface area contributed by atoms with E-state index in [-0.39, 0.29) is 0 Å². The van der Waals surface area contributed by atoms with Crippen molar-refractivity contribution >= 4 is 0 Å². The van der Waals surface area contributed by atoms with Crippen LogP contribution in [-0.4, -0.2) is 0 Å². The smallest absolute Gasteiger partial charge is 0.0228 e. The summed E-state index contributed by atoms with van der Waals surface area (Å²) in [4.78, 5) is 0. The summed E-state index contributed by atoms with van der Waals surface area (Å²) in [7, 11) is 0. The lowest BCUT2D eigenvalue weighted by molar-refractivity contribution is 0.112. The molecule has 0 radical (unpaired) electrons. The molecule has 3 atom stereocenters. The van der Waals surface area contributed by atoms with Gasteiger partial charge in [0, 0.05) is 0 Å². The molecule has 3 unspecified atom stereocenters. The van der Waals surface area contributed by atoms with Crippen molar-refractivity contribution in [1.82, 2.24) is 0 Å². The van der Waals surface area contributed by atoms with Gasteiger partial charge in [0.2, 0.25) is 0 Å². The predicted octanol–water partition coefficient (Wildman–Crippen LogP) is 5.69. The normalized spacial score (nSPS) is 28.2. The van der Waals surface area contributed by atoms with Gasteiger partial charge in [0.25, 0.3) is 0 Å².